The second-order valence-electron chi connectivity index (χ2n) is 6.19. The minimum absolute atomic E-state index is 0. The van der Waals surface area contributed by atoms with E-state index < -0.39 is 0 Å². The fraction of sp³-hybridized carbons (Fsp3) is 0.909. The first-order chi connectivity index (χ1) is 11.4. The number of hydrogen-bond donors (Lipinski definition) is 3. The van der Waals surface area contributed by atoms with Crippen molar-refractivity contribution in [2.45, 2.75) is 125 Å². The summed E-state index contributed by atoms with van der Waals surface area (Å²) in [4.78, 5) is 0. The lowest BCUT2D eigenvalue weighted by Crippen LogP contribution is -2.18. The van der Waals surface area contributed by atoms with Crippen LogP contribution in [-0.4, -0.2) is 46.3 Å². The van der Waals surface area contributed by atoms with Crippen molar-refractivity contribution in [2.75, 3.05) is 6.61 Å². The third-order valence-corrected chi connectivity index (χ3v) is 3.39. The third kappa shape index (κ3) is 34.8. The van der Waals surface area contributed by atoms with Crippen LogP contribution in [0.2, 0.25) is 0 Å². The molecule has 0 amide bonds. The van der Waals surface area contributed by atoms with Crippen LogP contribution >= 0.6 is 0 Å². The minimum Gasteiger partial charge on any atom is -0.393 e. The highest BCUT2D eigenvalue weighted by Gasteiger charge is 2.10. The van der Waals surface area contributed by atoms with Gasteiger partial charge in [0.05, 0.1) is 24.4 Å². The van der Waals surface area contributed by atoms with Crippen LogP contribution in [0.15, 0.2) is 13.2 Å². The molecule has 0 aromatic carbocycles. The molecule has 0 aliphatic carbocycles. The van der Waals surface area contributed by atoms with Crippen molar-refractivity contribution >= 4 is 0 Å². The fourth-order valence-electron chi connectivity index (χ4n) is 2.27. The first-order valence-corrected chi connectivity index (χ1v) is 9.52. The van der Waals surface area contributed by atoms with Crippen molar-refractivity contribution in [1.82, 2.24) is 0 Å². The molecule has 0 spiro atoms. The Morgan fingerprint density at radius 2 is 1.19 bits per heavy atom. The van der Waals surface area contributed by atoms with Gasteiger partial charge < -0.3 is 20.1 Å². The Kier molecular flexibility index (Phi) is 41.2. The lowest BCUT2D eigenvalue weighted by molar-refractivity contribution is 0.0188. The van der Waals surface area contributed by atoms with Crippen LogP contribution in [0, 0.1) is 0 Å². The summed E-state index contributed by atoms with van der Waals surface area (Å²) in [6.07, 6.45) is 7.08. The molecule has 0 aliphatic heterocycles. The van der Waals surface area contributed by atoms with E-state index in [1.807, 2.05) is 13.8 Å². The Morgan fingerprint density at radius 3 is 1.54 bits per heavy atom. The Morgan fingerprint density at radius 1 is 0.769 bits per heavy atom. The highest BCUT2D eigenvalue weighted by atomic mass is 16.5. The molecular weight excluding hydrogens is 328 g/mol. The van der Waals surface area contributed by atoms with Gasteiger partial charge in [-0.25, -0.2) is 0 Å². The Balaban J connectivity index is -0.0000000973. The van der Waals surface area contributed by atoms with E-state index in [4.69, 9.17) is 14.9 Å². The minimum atomic E-state index is -0.369. The van der Waals surface area contributed by atoms with Crippen molar-refractivity contribution < 1.29 is 20.1 Å². The largest absolute Gasteiger partial charge is 0.393 e. The van der Waals surface area contributed by atoms with Gasteiger partial charge in [-0.1, -0.05) is 54.4 Å². The van der Waals surface area contributed by atoms with E-state index in [1.165, 1.54) is 12.8 Å². The molecule has 0 aliphatic rings. The molecule has 0 fully saturated rings. The number of hydrogen-bond acceptors (Lipinski definition) is 4. The van der Waals surface area contributed by atoms with Gasteiger partial charge in [-0.2, -0.15) is 0 Å². The smallest absolute Gasteiger partial charge is 0.0599 e. The maximum absolute atomic E-state index is 9.19. The van der Waals surface area contributed by atoms with Crippen molar-refractivity contribution in [3.8, 4) is 0 Å². The molecule has 4 atom stereocenters. The number of aliphatic hydroxyl groups excluding tert-OH is 3. The molecule has 0 radical (unpaired) electrons. The standard InChI is InChI=1S/C10H22O2.C8H18O2.C2H4.2CH4/c1-4-6-7-10(12-5-2)8-9(3)11;1-3-4-5-8(10)6-7(2)9;1-2;;/h9-11H,4-8H2,1-3H3;7-10H,3-6H2,1-2H3;1-2H2;2*1H4. The zero-order valence-electron chi connectivity index (χ0n) is 16.8. The topological polar surface area (TPSA) is 69.9 Å². The molecule has 0 bridgehead atoms. The van der Waals surface area contributed by atoms with Crippen molar-refractivity contribution in [3.05, 3.63) is 13.2 Å². The molecular formula is C22H52O4. The molecule has 0 aromatic heterocycles. The molecule has 26 heavy (non-hydrogen) atoms. The normalized spacial score (nSPS) is 14.0. The van der Waals surface area contributed by atoms with Crippen molar-refractivity contribution in [3.63, 3.8) is 0 Å². The average molecular weight is 381 g/mol. The first-order valence-electron chi connectivity index (χ1n) is 9.52. The van der Waals surface area contributed by atoms with E-state index in [0.29, 0.717) is 6.42 Å². The molecule has 4 heteroatoms. The van der Waals surface area contributed by atoms with Crippen molar-refractivity contribution in [1.29, 1.82) is 0 Å². The third-order valence-electron chi connectivity index (χ3n) is 3.39. The van der Waals surface area contributed by atoms with Crippen LogP contribution in [0.4, 0.5) is 0 Å². The van der Waals surface area contributed by atoms with Crippen LogP contribution in [0.5, 0.6) is 0 Å². The molecule has 4 unspecified atom stereocenters. The van der Waals surface area contributed by atoms with Gasteiger partial charge in [-0.05, 0) is 46.5 Å². The van der Waals surface area contributed by atoms with Gasteiger partial charge in [0.15, 0.2) is 0 Å². The van der Waals surface area contributed by atoms with Gasteiger partial charge in [0.25, 0.3) is 0 Å². The SMILES string of the molecule is C.C.C=C.CCCCC(CC(C)O)OCC.CCCCC(O)CC(C)O. The average Bonchev–Trinajstić information content (AvgIpc) is 2.52. The second-order valence-corrected chi connectivity index (χ2v) is 6.19. The molecule has 0 heterocycles. The lowest BCUT2D eigenvalue weighted by Gasteiger charge is -2.17. The molecule has 3 N–H and O–H groups in total. The van der Waals surface area contributed by atoms with E-state index in [9.17, 15) is 5.11 Å². The summed E-state index contributed by atoms with van der Waals surface area (Å²) in [5, 5.41) is 27.2. The van der Waals surface area contributed by atoms with E-state index in [0.717, 1.165) is 38.7 Å². The van der Waals surface area contributed by atoms with Gasteiger partial charge in [0, 0.05) is 6.61 Å². The predicted molar refractivity (Wildman–Crippen MR) is 118 cm³/mol. The summed E-state index contributed by atoms with van der Waals surface area (Å²) in [6, 6.07) is 0. The summed E-state index contributed by atoms with van der Waals surface area (Å²) in [6.45, 7) is 16.5. The fourth-order valence-corrected chi connectivity index (χ4v) is 2.27. The highest BCUT2D eigenvalue weighted by Crippen LogP contribution is 2.11. The van der Waals surface area contributed by atoms with Gasteiger partial charge >= 0.3 is 0 Å². The summed E-state index contributed by atoms with van der Waals surface area (Å²) >= 11 is 0. The maximum atomic E-state index is 9.19. The van der Waals surface area contributed by atoms with Crippen LogP contribution in [-0.2, 0) is 4.74 Å². The number of rotatable bonds is 12. The van der Waals surface area contributed by atoms with Gasteiger partial charge in [-0.3, -0.25) is 0 Å². The summed E-state index contributed by atoms with van der Waals surface area (Å²) in [5.74, 6) is 0. The first kappa shape index (κ1) is 36.5. The molecule has 0 saturated heterocycles. The molecule has 164 valence electrons. The monoisotopic (exact) mass is 380 g/mol. The lowest BCUT2D eigenvalue weighted by atomic mass is 10.1. The van der Waals surface area contributed by atoms with Crippen LogP contribution in [0.3, 0.4) is 0 Å². The van der Waals surface area contributed by atoms with Crippen LogP contribution in [0.1, 0.15) is 101 Å². The number of unbranched alkanes of at least 4 members (excludes halogenated alkanes) is 2. The maximum Gasteiger partial charge on any atom is 0.0599 e. The molecule has 0 aromatic rings. The van der Waals surface area contributed by atoms with Gasteiger partial charge in [0.1, 0.15) is 0 Å². The van der Waals surface area contributed by atoms with Crippen LogP contribution in [0.25, 0.3) is 0 Å². The zero-order valence-corrected chi connectivity index (χ0v) is 16.8. The van der Waals surface area contributed by atoms with Crippen LogP contribution < -0.4 is 0 Å². The number of ether oxygens (including phenoxy) is 1. The Hall–Kier alpha value is -0.420. The van der Waals surface area contributed by atoms with Gasteiger partial charge in [-0.15, -0.1) is 13.2 Å². The van der Waals surface area contributed by atoms with E-state index in [1.54, 1.807) is 6.92 Å². The summed E-state index contributed by atoms with van der Waals surface area (Å²) in [5.41, 5.74) is 0. The predicted octanol–water partition coefficient (Wildman–Crippen LogP) is 5.74. The molecule has 0 rings (SSSR count). The quantitative estimate of drug-likeness (QED) is 0.378. The van der Waals surface area contributed by atoms with Crippen molar-refractivity contribution in [2.24, 2.45) is 0 Å². The van der Waals surface area contributed by atoms with Gasteiger partial charge in [0.2, 0.25) is 0 Å². The highest BCUT2D eigenvalue weighted by molar-refractivity contribution is 4.61. The Bertz CT molecular complexity index is 220. The summed E-state index contributed by atoms with van der Waals surface area (Å²) in [7, 11) is 0. The molecule has 4 nitrogen and oxygen atoms in total. The Labute approximate surface area is 165 Å². The van der Waals surface area contributed by atoms with E-state index in [2.05, 4.69) is 27.0 Å². The second kappa shape index (κ2) is 29.3. The molecule has 0 saturated carbocycles. The number of aliphatic hydroxyl groups is 3. The van der Waals surface area contributed by atoms with E-state index in [-0.39, 0.29) is 39.3 Å². The van der Waals surface area contributed by atoms with E-state index >= 15 is 0 Å². The summed E-state index contributed by atoms with van der Waals surface area (Å²) < 4.78 is 5.49. The zero-order chi connectivity index (χ0) is 19.4.